The summed E-state index contributed by atoms with van der Waals surface area (Å²) in [7, 11) is 0. The van der Waals surface area contributed by atoms with Crippen LogP contribution in [0.4, 0.5) is 17.1 Å². The van der Waals surface area contributed by atoms with Crippen LogP contribution >= 0.6 is 0 Å². The van der Waals surface area contributed by atoms with Crippen molar-refractivity contribution in [2.75, 3.05) is 10.6 Å². The van der Waals surface area contributed by atoms with Gasteiger partial charge in [-0.15, -0.1) is 0 Å². The van der Waals surface area contributed by atoms with Gasteiger partial charge in [-0.3, -0.25) is 9.59 Å². The smallest absolute Gasteiger partial charge is 0.264 e. The number of nitrogens with one attached hydrogen (secondary N) is 3. The third-order valence-electron chi connectivity index (χ3n) is 5.05. The van der Waals surface area contributed by atoms with E-state index in [0.29, 0.717) is 12.1 Å². The highest BCUT2D eigenvalue weighted by Crippen LogP contribution is 2.22. The van der Waals surface area contributed by atoms with Gasteiger partial charge in [0.25, 0.3) is 11.8 Å². The first-order valence-corrected chi connectivity index (χ1v) is 10.1. The van der Waals surface area contributed by atoms with Crippen LogP contribution in [0.1, 0.15) is 12.0 Å². The molecule has 6 nitrogen and oxygen atoms in total. The summed E-state index contributed by atoms with van der Waals surface area (Å²) in [5, 5.41) is 19.2. The van der Waals surface area contributed by atoms with Gasteiger partial charge < -0.3 is 21.1 Å². The van der Waals surface area contributed by atoms with E-state index in [1.807, 2.05) is 72.8 Å². The average Bonchev–Trinajstić information content (AvgIpc) is 2.76. The Morgan fingerprint density at radius 3 is 2.10 bits per heavy atom. The maximum atomic E-state index is 12.6. The van der Waals surface area contributed by atoms with Gasteiger partial charge in [0.2, 0.25) is 0 Å². The standard InChI is InChI=1S/C25H23N3O3/c29-22-16-21(15-17-7-3-1-4-8-17)28-25(31)23(22)24(30)27-20-13-11-19(12-14-20)26-18-9-5-2-6-10-18/h1-14,21,26,29H,15-16H2,(H,27,30)(H,28,31). The van der Waals surface area contributed by atoms with Gasteiger partial charge >= 0.3 is 0 Å². The van der Waals surface area contributed by atoms with E-state index in [2.05, 4.69) is 16.0 Å². The molecular formula is C25H23N3O3. The number of carbonyl (C=O) groups excluding carboxylic acids is 2. The van der Waals surface area contributed by atoms with Crippen LogP contribution < -0.4 is 16.0 Å². The zero-order valence-electron chi connectivity index (χ0n) is 16.8. The maximum Gasteiger partial charge on any atom is 0.264 e. The molecule has 0 aromatic heterocycles. The van der Waals surface area contributed by atoms with Crippen LogP contribution in [-0.4, -0.2) is 23.0 Å². The lowest BCUT2D eigenvalue weighted by Gasteiger charge is -2.25. The molecule has 1 atom stereocenters. The van der Waals surface area contributed by atoms with E-state index in [-0.39, 0.29) is 23.8 Å². The Bertz CT molecular complexity index is 1090. The average molecular weight is 413 g/mol. The minimum atomic E-state index is -0.628. The van der Waals surface area contributed by atoms with Crippen molar-refractivity contribution in [1.82, 2.24) is 5.32 Å². The highest BCUT2D eigenvalue weighted by atomic mass is 16.3. The second-order valence-electron chi connectivity index (χ2n) is 7.41. The van der Waals surface area contributed by atoms with E-state index in [1.54, 1.807) is 12.1 Å². The molecule has 0 radical (unpaired) electrons. The molecule has 0 bridgehead atoms. The summed E-state index contributed by atoms with van der Waals surface area (Å²) in [6.07, 6.45) is 0.796. The monoisotopic (exact) mass is 413 g/mol. The van der Waals surface area contributed by atoms with Crippen LogP contribution in [0.2, 0.25) is 0 Å². The Morgan fingerprint density at radius 1 is 0.871 bits per heavy atom. The topological polar surface area (TPSA) is 90.5 Å². The number of hydrogen-bond donors (Lipinski definition) is 4. The Balaban J connectivity index is 1.39. The zero-order valence-corrected chi connectivity index (χ0v) is 16.8. The third-order valence-corrected chi connectivity index (χ3v) is 5.05. The van der Waals surface area contributed by atoms with Crippen LogP contribution in [0.15, 0.2) is 96.3 Å². The number of carbonyl (C=O) groups is 2. The summed E-state index contributed by atoms with van der Waals surface area (Å²) in [5.41, 5.74) is 3.17. The van der Waals surface area contributed by atoms with Gasteiger partial charge in [0.15, 0.2) is 0 Å². The van der Waals surface area contributed by atoms with Crippen molar-refractivity contribution in [3.8, 4) is 0 Å². The first-order valence-electron chi connectivity index (χ1n) is 10.1. The largest absolute Gasteiger partial charge is 0.511 e. The predicted octanol–water partition coefficient (Wildman–Crippen LogP) is 4.31. The first kappa shape index (κ1) is 20.2. The van der Waals surface area contributed by atoms with Crippen LogP contribution in [0.3, 0.4) is 0 Å². The molecular weight excluding hydrogens is 390 g/mol. The number of aliphatic hydroxyl groups is 1. The van der Waals surface area contributed by atoms with Gasteiger partial charge in [-0.25, -0.2) is 0 Å². The van der Waals surface area contributed by atoms with Gasteiger partial charge in [-0.2, -0.15) is 0 Å². The summed E-state index contributed by atoms with van der Waals surface area (Å²) in [6.45, 7) is 0. The van der Waals surface area contributed by atoms with Crippen LogP contribution in [0, 0.1) is 0 Å². The van der Waals surface area contributed by atoms with Crippen LogP contribution in [0.5, 0.6) is 0 Å². The first-order chi connectivity index (χ1) is 15.1. The number of benzene rings is 3. The van der Waals surface area contributed by atoms with Crippen molar-refractivity contribution in [2.45, 2.75) is 18.9 Å². The SMILES string of the molecule is O=C(Nc1ccc(Nc2ccccc2)cc1)C1=C(O)CC(Cc2ccccc2)NC1=O. The highest BCUT2D eigenvalue weighted by Gasteiger charge is 2.31. The van der Waals surface area contributed by atoms with Crippen molar-refractivity contribution >= 4 is 28.9 Å². The Hall–Kier alpha value is -4.06. The molecule has 0 fully saturated rings. The number of para-hydroxylation sites is 1. The molecule has 3 aromatic rings. The fourth-order valence-corrected chi connectivity index (χ4v) is 3.55. The van der Waals surface area contributed by atoms with Crippen molar-refractivity contribution in [3.63, 3.8) is 0 Å². The summed E-state index contributed by atoms with van der Waals surface area (Å²) >= 11 is 0. The van der Waals surface area contributed by atoms with E-state index >= 15 is 0 Å². The second-order valence-corrected chi connectivity index (χ2v) is 7.41. The Labute approximate surface area is 180 Å². The molecule has 4 rings (SSSR count). The van der Waals surface area contributed by atoms with Crippen LogP contribution in [0.25, 0.3) is 0 Å². The highest BCUT2D eigenvalue weighted by molar-refractivity contribution is 6.23. The van der Waals surface area contributed by atoms with Crippen molar-refractivity contribution in [2.24, 2.45) is 0 Å². The van der Waals surface area contributed by atoms with Crippen molar-refractivity contribution < 1.29 is 14.7 Å². The lowest BCUT2D eigenvalue weighted by Crippen LogP contribution is -2.44. The van der Waals surface area contributed by atoms with E-state index in [4.69, 9.17) is 0 Å². The molecule has 3 aromatic carbocycles. The molecule has 6 heteroatoms. The summed E-state index contributed by atoms with van der Waals surface area (Å²) in [6, 6.07) is 26.3. The maximum absolute atomic E-state index is 12.6. The molecule has 2 amide bonds. The summed E-state index contributed by atoms with van der Waals surface area (Å²) in [5.74, 6) is -1.38. The second kappa shape index (κ2) is 9.17. The normalized spacial score (nSPS) is 15.9. The lowest BCUT2D eigenvalue weighted by molar-refractivity contribution is -0.122. The molecule has 0 spiro atoms. The molecule has 4 N–H and O–H groups in total. The minimum absolute atomic E-state index is 0.190. The fourth-order valence-electron chi connectivity index (χ4n) is 3.55. The van der Waals surface area contributed by atoms with Gasteiger partial charge in [-0.1, -0.05) is 48.5 Å². The van der Waals surface area contributed by atoms with Gasteiger partial charge in [-0.05, 0) is 48.4 Å². The predicted molar refractivity (Wildman–Crippen MR) is 121 cm³/mol. The zero-order chi connectivity index (χ0) is 21.6. The van der Waals surface area contributed by atoms with E-state index in [1.165, 1.54) is 0 Å². The number of rotatable bonds is 6. The molecule has 1 aliphatic rings. The molecule has 1 heterocycles. The molecule has 31 heavy (non-hydrogen) atoms. The quantitative estimate of drug-likeness (QED) is 0.453. The van der Waals surface area contributed by atoms with E-state index in [0.717, 1.165) is 16.9 Å². The molecule has 0 saturated carbocycles. The number of amides is 2. The third kappa shape index (κ3) is 5.11. The molecule has 0 saturated heterocycles. The Kier molecular flexibility index (Phi) is 5.98. The summed E-state index contributed by atoms with van der Waals surface area (Å²) < 4.78 is 0. The minimum Gasteiger partial charge on any atom is -0.511 e. The molecule has 1 unspecified atom stereocenters. The number of hydrogen-bond acceptors (Lipinski definition) is 4. The number of anilines is 3. The lowest BCUT2D eigenvalue weighted by atomic mass is 9.96. The number of aliphatic hydroxyl groups excluding tert-OH is 1. The summed E-state index contributed by atoms with van der Waals surface area (Å²) in [4.78, 5) is 25.1. The fraction of sp³-hybridized carbons (Fsp3) is 0.120. The Morgan fingerprint density at radius 2 is 1.45 bits per heavy atom. The van der Waals surface area contributed by atoms with Gasteiger partial charge in [0.1, 0.15) is 11.3 Å². The molecule has 156 valence electrons. The van der Waals surface area contributed by atoms with Gasteiger partial charge in [0, 0.05) is 29.5 Å². The van der Waals surface area contributed by atoms with E-state index in [9.17, 15) is 14.7 Å². The molecule has 1 aliphatic heterocycles. The van der Waals surface area contributed by atoms with Gasteiger partial charge in [0.05, 0.1) is 0 Å². The van der Waals surface area contributed by atoms with Crippen LogP contribution in [-0.2, 0) is 16.0 Å². The van der Waals surface area contributed by atoms with Crippen molar-refractivity contribution in [3.05, 3.63) is 102 Å². The molecule has 0 aliphatic carbocycles. The van der Waals surface area contributed by atoms with Crippen molar-refractivity contribution in [1.29, 1.82) is 0 Å². The van der Waals surface area contributed by atoms with E-state index < -0.39 is 11.8 Å².